The predicted molar refractivity (Wildman–Crippen MR) is 93.5 cm³/mol. The summed E-state index contributed by atoms with van der Waals surface area (Å²) in [6, 6.07) is 8.70. The molecule has 1 aliphatic heterocycles. The van der Waals surface area contributed by atoms with Crippen molar-refractivity contribution in [3.05, 3.63) is 45.7 Å². The SMILES string of the molecule is CSc1nc(-c2ccc(C(=O)N3CCOCC3)cc2)c(C#N)c(=O)[nH]1. The van der Waals surface area contributed by atoms with Gasteiger partial charge in [0.05, 0.1) is 18.9 Å². The summed E-state index contributed by atoms with van der Waals surface area (Å²) in [6.45, 7) is 2.24. The van der Waals surface area contributed by atoms with E-state index < -0.39 is 5.56 Å². The quantitative estimate of drug-likeness (QED) is 0.661. The standard InChI is InChI=1S/C17H16N4O3S/c1-25-17-19-14(13(10-18)15(22)20-17)11-2-4-12(5-3-11)16(23)21-6-8-24-9-7-21/h2-5H,6-9H2,1H3,(H,19,20,22). The van der Waals surface area contributed by atoms with Crippen molar-refractivity contribution in [3.63, 3.8) is 0 Å². The van der Waals surface area contributed by atoms with Gasteiger partial charge in [0.1, 0.15) is 11.6 Å². The summed E-state index contributed by atoms with van der Waals surface area (Å²) in [7, 11) is 0. The minimum absolute atomic E-state index is 0.0370. The molecule has 1 N–H and O–H groups in total. The third-order valence-electron chi connectivity index (χ3n) is 3.91. The maximum Gasteiger partial charge on any atom is 0.270 e. The van der Waals surface area contributed by atoms with Gasteiger partial charge in [-0.1, -0.05) is 23.9 Å². The number of amides is 1. The van der Waals surface area contributed by atoms with Gasteiger partial charge < -0.3 is 14.6 Å². The Kier molecular flexibility index (Phi) is 5.16. The highest BCUT2D eigenvalue weighted by Gasteiger charge is 2.19. The van der Waals surface area contributed by atoms with E-state index in [1.54, 1.807) is 35.4 Å². The van der Waals surface area contributed by atoms with Gasteiger partial charge in [-0.15, -0.1) is 0 Å². The summed E-state index contributed by atoms with van der Waals surface area (Å²) in [5, 5.41) is 9.69. The Bertz CT molecular complexity index is 880. The van der Waals surface area contributed by atoms with E-state index in [1.165, 1.54) is 11.8 Å². The molecule has 1 saturated heterocycles. The van der Waals surface area contributed by atoms with E-state index in [0.29, 0.717) is 48.3 Å². The largest absolute Gasteiger partial charge is 0.378 e. The summed E-state index contributed by atoms with van der Waals surface area (Å²) in [4.78, 5) is 33.1. The molecule has 0 unspecified atom stereocenters. The van der Waals surface area contributed by atoms with Gasteiger partial charge >= 0.3 is 0 Å². The zero-order valence-electron chi connectivity index (χ0n) is 13.6. The van der Waals surface area contributed by atoms with Crippen LogP contribution in [0.25, 0.3) is 11.3 Å². The average molecular weight is 356 g/mol. The van der Waals surface area contributed by atoms with Crippen LogP contribution in [0.2, 0.25) is 0 Å². The molecule has 0 radical (unpaired) electrons. The Morgan fingerprint density at radius 3 is 2.60 bits per heavy atom. The molecule has 0 atom stereocenters. The first kappa shape index (κ1) is 17.2. The first-order valence-electron chi connectivity index (χ1n) is 7.70. The number of benzene rings is 1. The Morgan fingerprint density at radius 2 is 2.00 bits per heavy atom. The number of carbonyl (C=O) groups excluding carboxylic acids is 1. The topological polar surface area (TPSA) is 99.1 Å². The second kappa shape index (κ2) is 7.51. The highest BCUT2D eigenvalue weighted by molar-refractivity contribution is 7.98. The number of aromatic nitrogens is 2. The van der Waals surface area contributed by atoms with Crippen LogP contribution in [0.5, 0.6) is 0 Å². The Morgan fingerprint density at radius 1 is 1.32 bits per heavy atom. The maximum absolute atomic E-state index is 12.5. The minimum atomic E-state index is -0.467. The van der Waals surface area contributed by atoms with Gasteiger partial charge in [0, 0.05) is 24.2 Å². The van der Waals surface area contributed by atoms with Crippen LogP contribution in [0, 0.1) is 11.3 Å². The van der Waals surface area contributed by atoms with Crippen LogP contribution in [0.1, 0.15) is 15.9 Å². The number of nitriles is 1. The van der Waals surface area contributed by atoms with Crippen LogP contribution in [0.4, 0.5) is 0 Å². The normalized spacial score (nSPS) is 14.2. The molecule has 1 aromatic carbocycles. The maximum atomic E-state index is 12.5. The molecule has 2 heterocycles. The first-order chi connectivity index (χ1) is 12.1. The van der Waals surface area contributed by atoms with Crippen molar-refractivity contribution in [2.75, 3.05) is 32.6 Å². The predicted octanol–water partition coefficient (Wildman–Crippen LogP) is 1.50. The Balaban J connectivity index is 1.93. The molecule has 7 nitrogen and oxygen atoms in total. The molecule has 8 heteroatoms. The molecule has 1 aromatic heterocycles. The van der Waals surface area contributed by atoms with Gasteiger partial charge in [0.15, 0.2) is 5.16 Å². The van der Waals surface area contributed by atoms with E-state index in [2.05, 4.69) is 9.97 Å². The lowest BCUT2D eigenvalue weighted by atomic mass is 10.0. The smallest absolute Gasteiger partial charge is 0.270 e. The van der Waals surface area contributed by atoms with Gasteiger partial charge in [0.25, 0.3) is 11.5 Å². The first-order valence-corrected chi connectivity index (χ1v) is 8.92. The number of nitrogens with zero attached hydrogens (tertiary/aromatic N) is 3. The van der Waals surface area contributed by atoms with Crippen molar-refractivity contribution in [1.82, 2.24) is 14.9 Å². The monoisotopic (exact) mass is 356 g/mol. The van der Waals surface area contributed by atoms with E-state index in [9.17, 15) is 14.9 Å². The lowest BCUT2D eigenvalue weighted by Crippen LogP contribution is -2.40. The van der Waals surface area contributed by atoms with E-state index in [4.69, 9.17) is 4.74 Å². The zero-order chi connectivity index (χ0) is 17.8. The number of H-pyrrole nitrogens is 1. The lowest BCUT2D eigenvalue weighted by Gasteiger charge is -2.26. The fourth-order valence-corrected chi connectivity index (χ4v) is 2.96. The summed E-state index contributed by atoms with van der Waals surface area (Å²) in [6.07, 6.45) is 1.79. The molecule has 25 heavy (non-hydrogen) atoms. The van der Waals surface area contributed by atoms with Crippen molar-refractivity contribution in [2.45, 2.75) is 5.16 Å². The van der Waals surface area contributed by atoms with E-state index in [0.717, 1.165) is 0 Å². The Labute approximate surface area is 148 Å². The molecule has 128 valence electrons. The van der Waals surface area contributed by atoms with Crippen molar-refractivity contribution >= 4 is 17.7 Å². The van der Waals surface area contributed by atoms with Crippen LogP contribution in [0.3, 0.4) is 0 Å². The van der Waals surface area contributed by atoms with Gasteiger partial charge in [-0.2, -0.15) is 5.26 Å². The number of morpholine rings is 1. The minimum Gasteiger partial charge on any atom is -0.378 e. The number of aromatic amines is 1. The van der Waals surface area contributed by atoms with E-state index in [1.807, 2.05) is 6.07 Å². The molecule has 2 aromatic rings. The third kappa shape index (κ3) is 3.57. The molecular weight excluding hydrogens is 340 g/mol. The summed E-state index contributed by atoms with van der Waals surface area (Å²) < 4.78 is 5.25. The molecule has 1 amide bonds. The van der Waals surface area contributed by atoms with Gasteiger partial charge in [-0.05, 0) is 18.4 Å². The summed E-state index contributed by atoms with van der Waals surface area (Å²) in [5.41, 5.74) is 0.993. The molecule has 1 fully saturated rings. The third-order valence-corrected chi connectivity index (χ3v) is 4.49. The molecule has 1 aliphatic rings. The number of carbonyl (C=O) groups is 1. The molecule has 0 bridgehead atoms. The van der Waals surface area contributed by atoms with Crippen molar-refractivity contribution in [3.8, 4) is 17.3 Å². The van der Waals surface area contributed by atoms with Crippen molar-refractivity contribution in [2.24, 2.45) is 0 Å². The second-order valence-electron chi connectivity index (χ2n) is 5.39. The Hall–Kier alpha value is -2.63. The van der Waals surface area contributed by atoms with Crippen LogP contribution in [-0.4, -0.2) is 53.3 Å². The van der Waals surface area contributed by atoms with Crippen LogP contribution >= 0.6 is 11.8 Å². The van der Waals surface area contributed by atoms with Gasteiger partial charge in [-0.3, -0.25) is 9.59 Å². The molecule has 0 aliphatic carbocycles. The van der Waals surface area contributed by atoms with Crippen LogP contribution in [-0.2, 0) is 4.74 Å². The number of nitrogens with one attached hydrogen (secondary N) is 1. The fourth-order valence-electron chi connectivity index (χ4n) is 2.58. The average Bonchev–Trinajstić information content (AvgIpc) is 2.67. The molecule has 0 spiro atoms. The van der Waals surface area contributed by atoms with Gasteiger partial charge in [0.2, 0.25) is 0 Å². The number of thioether (sulfide) groups is 1. The molecular formula is C17H16N4O3S. The number of hydrogen-bond acceptors (Lipinski definition) is 6. The van der Waals surface area contributed by atoms with Crippen molar-refractivity contribution in [1.29, 1.82) is 5.26 Å². The number of rotatable bonds is 3. The zero-order valence-corrected chi connectivity index (χ0v) is 14.4. The van der Waals surface area contributed by atoms with E-state index >= 15 is 0 Å². The lowest BCUT2D eigenvalue weighted by molar-refractivity contribution is 0.0303. The summed E-state index contributed by atoms with van der Waals surface area (Å²) >= 11 is 1.29. The fraction of sp³-hybridized carbons (Fsp3) is 0.294. The number of hydrogen-bond donors (Lipinski definition) is 1. The molecule has 0 saturated carbocycles. The van der Waals surface area contributed by atoms with Crippen molar-refractivity contribution < 1.29 is 9.53 Å². The van der Waals surface area contributed by atoms with Crippen LogP contribution < -0.4 is 5.56 Å². The second-order valence-corrected chi connectivity index (χ2v) is 6.19. The molecule has 3 rings (SSSR count). The van der Waals surface area contributed by atoms with Crippen LogP contribution in [0.15, 0.2) is 34.2 Å². The highest BCUT2D eigenvalue weighted by atomic mass is 32.2. The highest BCUT2D eigenvalue weighted by Crippen LogP contribution is 2.22. The van der Waals surface area contributed by atoms with E-state index in [-0.39, 0.29) is 11.5 Å². The number of ether oxygens (including phenoxy) is 1. The summed E-state index contributed by atoms with van der Waals surface area (Å²) in [5.74, 6) is -0.0565. The van der Waals surface area contributed by atoms with Gasteiger partial charge in [-0.25, -0.2) is 4.98 Å².